The molecule has 0 spiro atoms. The number of benzene rings is 2. The standard InChI is InChI=1S/C19H20O6/c1-22-13-6-7-14(17(11-13)24-3)15(19(20)21)9-12-5-8-16(23-2)18(10-12)25-4/h5-11H,1-4H3,(H,20,21). The lowest BCUT2D eigenvalue weighted by molar-refractivity contribution is -0.130. The number of carboxylic acid groups (broad SMARTS) is 1. The Bertz CT molecular complexity index is 794. The molecule has 0 heterocycles. The highest BCUT2D eigenvalue weighted by atomic mass is 16.5. The first-order valence-electron chi connectivity index (χ1n) is 7.43. The summed E-state index contributed by atoms with van der Waals surface area (Å²) in [5, 5.41) is 9.65. The quantitative estimate of drug-likeness (QED) is 0.613. The molecule has 1 N–H and O–H groups in total. The van der Waals surface area contributed by atoms with Crippen LogP contribution in [0.3, 0.4) is 0 Å². The summed E-state index contributed by atoms with van der Waals surface area (Å²) in [5.41, 5.74) is 1.20. The second-order valence-corrected chi connectivity index (χ2v) is 5.04. The fourth-order valence-corrected chi connectivity index (χ4v) is 2.38. The molecular weight excluding hydrogens is 324 g/mol. The molecule has 2 aromatic rings. The third-order valence-corrected chi connectivity index (χ3v) is 3.65. The summed E-state index contributed by atoms with van der Waals surface area (Å²) in [6.45, 7) is 0. The highest BCUT2D eigenvalue weighted by Gasteiger charge is 2.17. The third kappa shape index (κ3) is 4.03. The third-order valence-electron chi connectivity index (χ3n) is 3.65. The van der Waals surface area contributed by atoms with Crippen molar-refractivity contribution in [1.82, 2.24) is 0 Å². The Morgan fingerprint density at radius 3 is 2.08 bits per heavy atom. The van der Waals surface area contributed by atoms with Gasteiger partial charge in [-0.15, -0.1) is 0 Å². The predicted molar refractivity (Wildman–Crippen MR) is 94.6 cm³/mol. The van der Waals surface area contributed by atoms with E-state index < -0.39 is 5.97 Å². The van der Waals surface area contributed by atoms with Gasteiger partial charge in [-0.05, 0) is 35.9 Å². The van der Waals surface area contributed by atoms with Crippen molar-refractivity contribution in [1.29, 1.82) is 0 Å². The summed E-state index contributed by atoms with van der Waals surface area (Å²) in [4.78, 5) is 11.8. The Kier molecular flexibility index (Phi) is 5.89. The zero-order chi connectivity index (χ0) is 18.4. The minimum Gasteiger partial charge on any atom is -0.497 e. The maximum atomic E-state index is 11.8. The van der Waals surface area contributed by atoms with Crippen LogP contribution in [0.15, 0.2) is 36.4 Å². The fraction of sp³-hybridized carbons (Fsp3) is 0.211. The lowest BCUT2D eigenvalue weighted by Crippen LogP contribution is -2.02. The lowest BCUT2D eigenvalue weighted by Gasteiger charge is -2.12. The van der Waals surface area contributed by atoms with Crippen molar-refractivity contribution >= 4 is 17.6 Å². The molecule has 0 saturated carbocycles. The van der Waals surface area contributed by atoms with Crippen LogP contribution < -0.4 is 18.9 Å². The van der Waals surface area contributed by atoms with Crippen LogP contribution in [0.1, 0.15) is 11.1 Å². The van der Waals surface area contributed by atoms with Gasteiger partial charge in [-0.3, -0.25) is 0 Å². The van der Waals surface area contributed by atoms with Gasteiger partial charge in [-0.1, -0.05) is 6.07 Å². The lowest BCUT2D eigenvalue weighted by atomic mass is 10.0. The molecule has 0 aliphatic rings. The molecule has 0 atom stereocenters. The molecule has 0 bridgehead atoms. The van der Waals surface area contributed by atoms with E-state index in [0.717, 1.165) is 0 Å². The van der Waals surface area contributed by atoms with Crippen LogP contribution in [0, 0.1) is 0 Å². The molecule has 25 heavy (non-hydrogen) atoms. The second kappa shape index (κ2) is 8.10. The summed E-state index contributed by atoms with van der Waals surface area (Å²) >= 11 is 0. The summed E-state index contributed by atoms with van der Waals surface area (Å²) < 4.78 is 20.9. The van der Waals surface area contributed by atoms with Crippen molar-refractivity contribution in [2.45, 2.75) is 0 Å². The van der Waals surface area contributed by atoms with E-state index in [2.05, 4.69) is 0 Å². The minimum absolute atomic E-state index is 0.0896. The normalized spacial score (nSPS) is 11.0. The van der Waals surface area contributed by atoms with Crippen LogP contribution >= 0.6 is 0 Å². The monoisotopic (exact) mass is 344 g/mol. The zero-order valence-corrected chi connectivity index (χ0v) is 14.5. The van der Waals surface area contributed by atoms with Crippen molar-refractivity contribution in [2.75, 3.05) is 28.4 Å². The van der Waals surface area contributed by atoms with Gasteiger partial charge in [0.15, 0.2) is 11.5 Å². The number of carboxylic acids is 1. The summed E-state index contributed by atoms with van der Waals surface area (Å²) in [6.07, 6.45) is 1.55. The van der Waals surface area contributed by atoms with E-state index in [0.29, 0.717) is 34.1 Å². The van der Waals surface area contributed by atoms with Gasteiger partial charge < -0.3 is 24.1 Å². The Morgan fingerprint density at radius 1 is 0.840 bits per heavy atom. The van der Waals surface area contributed by atoms with Crippen molar-refractivity contribution in [3.05, 3.63) is 47.5 Å². The second-order valence-electron chi connectivity index (χ2n) is 5.04. The molecule has 0 radical (unpaired) electrons. The summed E-state index contributed by atoms with van der Waals surface area (Å²) in [6, 6.07) is 10.1. The molecule has 132 valence electrons. The molecule has 2 rings (SSSR count). The number of aliphatic carboxylic acids is 1. The van der Waals surface area contributed by atoms with Gasteiger partial charge in [0.1, 0.15) is 11.5 Å². The van der Waals surface area contributed by atoms with Crippen LogP contribution in [0.4, 0.5) is 0 Å². The van der Waals surface area contributed by atoms with E-state index in [1.165, 1.54) is 28.4 Å². The smallest absolute Gasteiger partial charge is 0.336 e. The zero-order valence-electron chi connectivity index (χ0n) is 14.5. The van der Waals surface area contributed by atoms with Crippen molar-refractivity contribution in [3.63, 3.8) is 0 Å². The molecule has 0 saturated heterocycles. The van der Waals surface area contributed by atoms with Gasteiger partial charge in [-0.25, -0.2) is 4.79 Å². The van der Waals surface area contributed by atoms with Crippen molar-refractivity contribution < 1.29 is 28.8 Å². The summed E-state index contributed by atoms with van der Waals surface area (Å²) in [7, 11) is 6.08. The number of methoxy groups -OCH3 is 4. The van der Waals surface area contributed by atoms with Crippen LogP contribution in [0.5, 0.6) is 23.0 Å². The maximum Gasteiger partial charge on any atom is 0.336 e. The number of hydrogen-bond acceptors (Lipinski definition) is 5. The number of rotatable bonds is 7. The van der Waals surface area contributed by atoms with Gasteiger partial charge in [0, 0.05) is 11.6 Å². The molecule has 0 aromatic heterocycles. The minimum atomic E-state index is -1.07. The molecule has 6 heteroatoms. The highest BCUT2D eigenvalue weighted by molar-refractivity contribution is 6.21. The Morgan fingerprint density at radius 2 is 1.52 bits per heavy atom. The first-order chi connectivity index (χ1) is 12.0. The average molecular weight is 344 g/mol. The van der Waals surface area contributed by atoms with Gasteiger partial charge >= 0.3 is 5.97 Å². The fourth-order valence-electron chi connectivity index (χ4n) is 2.38. The first kappa shape index (κ1) is 18.2. The predicted octanol–water partition coefficient (Wildman–Crippen LogP) is 3.35. The average Bonchev–Trinajstić information content (AvgIpc) is 2.65. The van der Waals surface area contributed by atoms with E-state index >= 15 is 0 Å². The van der Waals surface area contributed by atoms with E-state index in [-0.39, 0.29) is 5.57 Å². The number of ether oxygens (including phenoxy) is 4. The Balaban J connectivity index is 2.55. The van der Waals surface area contributed by atoms with Crippen LogP contribution in [0.2, 0.25) is 0 Å². The van der Waals surface area contributed by atoms with Crippen LogP contribution in [-0.2, 0) is 4.79 Å². The van der Waals surface area contributed by atoms with Gasteiger partial charge in [0.2, 0.25) is 0 Å². The van der Waals surface area contributed by atoms with Gasteiger partial charge in [0.25, 0.3) is 0 Å². The van der Waals surface area contributed by atoms with Crippen LogP contribution in [-0.4, -0.2) is 39.5 Å². The topological polar surface area (TPSA) is 74.2 Å². The molecule has 0 amide bonds. The summed E-state index contributed by atoms with van der Waals surface area (Å²) in [5.74, 6) is 1.00. The molecule has 0 aliphatic carbocycles. The molecule has 2 aromatic carbocycles. The van der Waals surface area contributed by atoms with E-state index in [1.807, 2.05) is 0 Å². The Hall–Kier alpha value is -3.15. The van der Waals surface area contributed by atoms with E-state index in [9.17, 15) is 9.90 Å². The van der Waals surface area contributed by atoms with Gasteiger partial charge in [-0.2, -0.15) is 0 Å². The van der Waals surface area contributed by atoms with E-state index in [4.69, 9.17) is 18.9 Å². The number of hydrogen-bond donors (Lipinski definition) is 1. The Labute approximate surface area is 146 Å². The number of carbonyl (C=O) groups is 1. The molecule has 6 nitrogen and oxygen atoms in total. The molecule has 0 unspecified atom stereocenters. The highest BCUT2D eigenvalue weighted by Crippen LogP contribution is 2.33. The molecule has 0 aliphatic heterocycles. The van der Waals surface area contributed by atoms with Crippen LogP contribution in [0.25, 0.3) is 11.6 Å². The van der Waals surface area contributed by atoms with E-state index in [1.54, 1.807) is 42.5 Å². The molecular formula is C19H20O6. The first-order valence-corrected chi connectivity index (χ1v) is 7.43. The maximum absolute atomic E-state index is 11.8. The largest absolute Gasteiger partial charge is 0.497 e. The van der Waals surface area contributed by atoms with Gasteiger partial charge in [0.05, 0.1) is 34.0 Å². The SMILES string of the molecule is COc1ccc(C(=Cc2ccc(OC)c(OC)c2)C(=O)O)c(OC)c1. The van der Waals surface area contributed by atoms with Crippen molar-refractivity contribution in [2.24, 2.45) is 0 Å². The molecule has 0 fully saturated rings. The van der Waals surface area contributed by atoms with Crippen molar-refractivity contribution in [3.8, 4) is 23.0 Å².